The Bertz CT molecular complexity index is 893. The van der Waals surface area contributed by atoms with Gasteiger partial charge in [0.2, 0.25) is 11.9 Å². The number of rotatable bonds is 4. The first-order valence-electron chi connectivity index (χ1n) is 8.71. The lowest BCUT2D eigenvalue weighted by Gasteiger charge is -2.23. The number of nitriles is 1. The Balaban J connectivity index is 1.45. The molecule has 2 fully saturated rings. The van der Waals surface area contributed by atoms with E-state index in [4.69, 9.17) is 16.9 Å². The molecule has 4 heterocycles. The molecule has 2 aliphatic rings. The number of fused-ring (bicyclic) bond motifs is 1. The number of hydrogen-bond donors (Lipinski definition) is 1. The molecule has 1 N–H and O–H groups in total. The fourth-order valence-electron chi connectivity index (χ4n) is 3.80. The minimum atomic E-state index is -0.0820. The van der Waals surface area contributed by atoms with Crippen LogP contribution in [0.4, 0.5) is 17.5 Å². The summed E-state index contributed by atoms with van der Waals surface area (Å²) in [6.45, 7) is 2.94. The monoisotopic (exact) mass is 386 g/mol. The van der Waals surface area contributed by atoms with E-state index in [-0.39, 0.29) is 12.3 Å². The first-order valence-corrected chi connectivity index (χ1v) is 9.09. The quantitative estimate of drug-likeness (QED) is 0.847. The first kappa shape index (κ1) is 17.5. The zero-order valence-corrected chi connectivity index (χ0v) is 15.6. The van der Waals surface area contributed by atoms with Gasteiger partial charge in [-0.1, -0.05) is 11.6 Å². The highest BCUT2D eigenvalue weighted by Crippen LogP contribution is 2.36. The molecule has 0 unspecified atom stereocenters. The maximum absolute atomic E-state index is 11.9. The van der Waals surface area contributed by atoms with Crippen LogP contribution >= 0.6 is 11.6 Å². The Morgan fingerprint density at radius 1 is 1.33 bits per heavy atom. The van der Waals surface area contributed by atoms with Gasteiger partial charge in [-0.15, -0.1) is 0 Å². The molecule has 2 atom stereocenters. The highest BCUT2D eigenvalue weighted by atomic mass is 35.5. The maximum atomic E-state index is 11.9. The molecule has 2 aliphatic heterocycles. The number of amides is 1. The number of hydrogen-bond acceptors (Lipinski definition) is 7. The summed E-state index contributed by atoms with van der Waals surface area (Å²) >= 11 is 6.35. The van der Waals surface area contributed by atoms with Crippen molar-refractivity contribution in [2.45, 2.75) is 6.42 Å². The highest BCUT2D eigenvalue weighted by molar-refractivity contribution is 6.32. The molecular weight excluding hydrogens is 368 g/mol. The molecule has 0 saturated carbocycles. The van der Waals surface area contributed by atoms with Crippen molar-refractivity contribution in [1.82, 2.24) is 24.6 Å². The van der Waals surface area contributed by atoms with Crippen LogP contribution in [0.1, 0.15) is 6.42 Å². The summed E-state index contributed by atoms with van der Waals surface area (Å²) in [5, 5.41) is 16.5. The number of likely N-dealkylation sites (tertiary alicyclic amines) is 1. The van der Waals surface area contributed by atoms with Crippen LogP contribution in [0.2, 0.25) is 5.02 Å². The van der Waals surface area contributed by atoms with E-state index < -0.39 is 0 Å². The number of nitrogens with one attached hydrogen (secondary N) is 1. The van der Waals surface area contributed by atoms with E-state index in [0.29, 0.717) is 41.7 Å². The number of nitrogens with zero attached hydrogens (tertiary/aromatic N) is 7. The molecule has 0 radical (unpaired) electrons. The van der Waals surface area contributed by atoms with Crippen LogP contribution in [-0.2, 0) is 11.8 Å². The zero-order chi connectivity index (χ0) is 19.0. The summed E-state index contributed by atoms with van der Waals surface area (Å²) in [5.74, 6) is 1.82. The summed E-state index contributed by atoms with van der Waals surface area (Å²) in [7, 11) is 1.84. The van der Waals surface area contributed by atoms with Crippen LogP contribution in [-0.4, -0.2) is 56.7 Å². The molecule has 140 valence electrons. The molecule has 0 bridgehead atoms. The van der Waals surface area contributed by atoms with Crippen molar-refractivity contribution in [2.24, 2.45) is 18.9 Å². The Labute approximate surface area is 161 Å². The molecule has 0 aromatic carbocycles. The highest BCUT2D eigenvalue weighted by Gasteiger charge is 2.42. The van der Waals surface area contributed by atoms with Crippen LogP contribution in [0.5, 0.6) is 0 Å². The van der Waals surface area contributed by atoms with Crippen molar-refractivity contribution < 1.29 is 4.79 Å². The van der Waals surface area contributed by atoms with Gasteiger partial charge < -0.3 is 15.1 Å². The van der Waals surface area contributed by atoms with Crippen molar-refractivity contribution in [3.8, 4) is 6.07 Å². The van der Waals surface area contributed by atoms with Gasteiger partial charge >= 0.3 is 0 Å². The average molecular weight is 387 g/mol. The van der Waals surface area contributed by atoms with Gasteiger partial charge in [0.1, 0.15) is 11.4 Å². The van der Waals surface area contributed by atoms with Gasteiger partial charge in [0.15, 0.2) is 5.82 Å². The van der Waals surface area contributed by atoms with Crippen molar-refractivity contribution in [1.29, 1.82) is 5.26 Å². The van der Waals surface area contributed by atoms with Crippen LogP contribution in [0.3, 0.4) is 0 Å². The smallest absolute Gasteiger partial charge is 0.236 e. The standard InChI is InChI=1S/C17H19ClN8O/c1-24-10-13(4-21-24)22-17-20-5-14(18)16(23-17)26-8-11-6-25(7-12(11)9-26)15(27)2-3-19/h4-5,10-12H,2,6-9H2,1H3,(H,20,22,23)/t11-,12+. The van der Waals surface area contributed by atoms with Gasteiger partial charge in [0, 0.05) is 51.3 Å². The van der Waals surface area contributed by atoms with Crippen LogP contribution in [0.15, 0.2) is 18.6 Å². The van der Waals surface area contributed by atoms with E-state index in [1.54, 1.807) is 22.0 Å². The maximum Gasteiger partial charge on any atom is 0.236 e. The summed E-state index contributed by atoms with van der Waals surface area (Å²) < 4.78 is 1.69. The zero-order valence-electron chi connectivity index (χ0n) is 14.8. The minimum absolute atomic E-state index is 0.0513. The van der Waals surface area contributed by atoms with E-state index in [9.17, 15) is 4.79 Å². The SMILES string of the molecule is Cn1cc(Nc2ncc(Cl)c(N3C[C@H]4CN(C(=O)CC#N)C[C@H]4C3)n2)cn1. The van der Waals surface area contributed by atoms with Gasteiger partial charge in [-0.3, -0.25) is 9.48 Å². The Morgan fingerprint density at radius 2 is 2.07 bits per heavy atom. The lowest BCUT2D eigenvalue weighted by Crippen LogP contribution is -2.33. The van der Waals surface area contributed by atoms with Gasteiger partial charge in [0.05, 0.1) is 24.2 Å². The second-order valence-corrected chi connectivity index (χ2v) is 7.36. The van der Waals surface area contributed by atoms with Gasteiger partial charge in [-0.2, -0.15) is 15.3 Å². The van der Waals surface area contributed by atoms with E-state index in [1.165, 1.54) is 0 Å². The molecule has 4 rings (SSSR count). The van der Waals surface area contributed by atoms with Crippen LogP contribution in [0.25, 0.3) is 0 Å². The molecule has 0 spiro atoms. The summed E-state index contributed by atoms with van der Waals surface area (Å²) in [5.41, 5.74) is 0.802. The predicted octanol–water partition coefficient (Wildman–Crippen LogP) is 1.42. The number of anilines is 3. The van der Waals surface area contributed by atoms with Crippen LogP contribution in [0, 0.1) is 23.2 Å². The van der Waals surface area contributed by atoms with Crippen molar-refractivity contribution in [3.63, 3.8) is 0 Å². The molecule has 2 saturated heterocycles. The second kappa shape index (κ2) is 7.04. The fraction of sp³-hybridized carbons (Fsp3) is 0.471. The van der Waals surface area contributed by atoms with Crippen molar-refractivity contribution in [2.75, 3.05) is 36.4 Å². The molecule has 27 heavy (non-hydrogen) atoms. The van der Waals surface area contributed by atoms with Gasteiger partial charge in [-0.05, 0) is 0 Å². The van der Waals surface area contributed by atoms with Crippen LogP contribution < -0.4 is 10.2 Å². The minimum Gasteiger partial charge on any atom is -0.354 e. The number of carbonyl (C=O) groups is 1. The van der Waals surface area contributed by atoms with E-state index in [2.05, 4.69) is 25.3 Å². The number of aryl methyl sites for hydroxylation is 1. The second-order valence-electron chi connectivity index (χ2n) is 6.95. The van der Waals surface area contributed by atoms with Gasteiger partial charge in [0.25, 0.3) is 0 Å². The van der Waals surface area contributed by atoms with Crippen molar-refractivity contribution in [3.05, 3.63) is 23.6 Å². The first-order chi connectivity index (χ1) is 13.0. The largest absolute Gasteiger partial charge is 0.354 e. The third-order valence-electron chi connectivity index (χ3n) is 5.06. The third-order valence-corrected chi connectivity index (χ3v) is 5.32. The molecule has 10 heteroatoms. The Morgan fingerprint density at radius 3 is 2.70 bits per heavy atom. The number of halogens is 1. The molecule has 0 aliphatic carbocycles. The topological polar surface area (TPSA) is 103 Å². The fourth-order valence-corrected chi connectivity index (χ4v) is 4.01. The lowest BCUT2D eigenvalue weighted by molar-refractivity contribution is -0.129. The van der Waals surface area contributed by atoms with Gasteiger partial charge in [-0.25, -0.2) is 4.98 Å². The van der Waals surface area contributed by atoms with E-state index >= 15 is 0 Å². The normalized spacial score (nSPS) is 21.2. The average Bonchev–Trinajstić information content (AvgIpc) is 3.31. The molecule has 9 nitrogen and oxygen atoms in total. The summed E-state index contributed by atoms with van der Waals surface area (Å²) in [6.07, 6.45) is 5.08. The van der Waals surface area contributed by atoms with E-state index in [0.717, 1.165) is 18.8 Å². The molecule has 1 amide bonds. The molecular formula is C17H19ClN8O. The molecule has 2 aromatic rings. The summed E-state index contributed by atoms with van der Waals surface area (Å²) in [6, 6.07) is 1.93. The number of aromatic nitrogens is 4. The summed E-state index contributed by atoms with van der Waals surface area (Å²) in [4.78, 5) is 24.7. The van der Waals surface area contributed by atoms with Crippen molar-refractivity contribution >= 4 is 35.0 Å². The predicted molar refractivity (Wildman–Crippen MR) is 99.5 cm³/mol. The third kappa shape index (κ3) is 3.53. The van der Waals surface area contributed by atoms with E-state index in [1.807, 2.05) is 19.3 Å². The Hall–Kier alpha value is -2.86. The molecule has 2 aromatic heterocycles. The lowest BCUT2D eigenvalue weighted by atomic mass is 10.0. The Kier molecular flexibility index (Phi) is 4.58. The number of carbonyl (C=O) groups excluding carboxylic acids is 1.